The van der Waals surface area contributed by atoms with Crippen LogP contribution in [0.3, 0.4) is 0 Å². The molecule has 0 saturated heterocycles. The minimum absolute atomic E-state index is 0.0161. The number of hydrogen-bond donors (Lipinski definition) is 2. The standard InChI is InChI=1S/C20H18N6O/c27-20(26(16-3-4-16)12-13-2-1-5-21-8-13)19-6-14-9-22-17(7-18(14)25-19)15-10-23-24-11-15/h1-2,5-11,16,25H,3-4,12H2,(H,23,24). The molecule has 7 heteroatoms. The molecule has 4 heterocycles. The maximum Gasteiger partial charge on any atom is 0.270 e. The summed E-state index contributed by atoms with van der Waals surface area (Å²) in [5, 5.41) is 7.67. The number of aromatic amines is 2. The molecule has 1 aliphatic carbocycles. The number of carbonyl (C=O) groups excluding carboxylic acids is 1. The summed E-state index contributed by atoms with van der Waals surface area (Å²) in [7, 11) is 0. The van der Waals surface area contributed by atoms with Crippen molar-refractivity contribution in [3.8, 4) is 11.3 Å². The molecule has 134 valence electrons. The van der Waals surface area contributed by atoms with Gasteiger partial charge in [-0.15, -0.1) is 0 Å². The van der Waals surface area contributed by atoms with E-state index in [0.717, 1.165) is 40.6 Å². The normalized spacial score (nSPS) is 13.8. The molecule has 0 aromatic carbocycles. The third-order valence-corrected chi connectivity index (χ3v) is 4.85. The number of fused-ring (bicyclic) bond motifs is 1. The number of H-pyrrole nitrogens is 2. The first-order valence-electron chi connectivity index (χ1n) is 8.96. The van der Waals surface area contributed by atoms with Gasteiger partial charge in [0.1, 0.15) is 5.69 Å². The van der Waals surface area contributed by atoms with Crippen LogP contribution >= 0.6 is 0 Å². The van der Waals surface area contributed by atoms with Crippen molar-refractivity contribution in [3.05, 3.63) is 66.5 Å². The van der Waals surface area contributed by atoms with Crippen LogP contribution < -0.4 is 0 Å². The molecule has 7 nitrogen and oxygen atoms in total. The zero-order chi connectivity index (χ0) is 18.2. The maximum atomic E-state index is 13.2. The van der Waals surface area contributed by atoms with E-state index in [2.05, 4.69) is 25.1 Å². The van der Waals surface area contributed by atoms with Gasteiger partial charge in [-0.25, -0.2) is 0 Å². The largest absolute Gasteiger partial charge is 0.350 e. The van der Waals surface area contributed by atoms with Gasteiger partial charge >= 0.3 is 0 Å². The Balaban J connectivity index is 1.45. The van der Waals surface area contributed by atoms with Crippen molar-refractivity contribution in [1.82, 2.24) is 30.0 Å². The molecule has 1 amide bonds. The molecule has 1 aliphatic rings. The van der Waals surface area contributed by atoms with E-state index in [9.17, 15) is 4.79 Å². The molecule has 27 heavy (non-hydrogen) atoms. The Hall–Kier alpha value is -3.48. The Kier molecular flexibility index (Phi) is 3.71. The monoisotopic (exact) mass is 358 g/mol. The predicted octanol–water partition coefficient (Wildman–Crippen LogP) is 3.15. The van der Waals surface area contributed by atoms with E-state index in [0.29, 0.717) is 18.3 Å². The van der Waals surface area contributed by atoms with E-state index < -0.39 is 0 Å². The average Bonchev–Trinajstić information content (AvgIpc) is 3.22. The average molecular weight is 358 g/mol. The Labute approximate surface area is 155 Å². The van der Waals surface area contributed by atoms with Crippen molar-refractivity contribution in [3.63, 3.8) is 0 Å². The first-order chi connectivity index (χ1) is 13.3. The minimum Gasteiger partial charge on any atom is -0.350 e. The number of hydrogen-bond acceptors (Lipinski definition) is 4. The molecule has 0 spiro atoms. The number of amides is 1. The predicted molar refractivity (Wildman–Crippen MR) is 101 cm³/mol. The summed E-state index contributed by atoms with van der Waals surface area (Å²) < 4.78 is 0. The van der Waals surface area contributed by atoms with E-state index in [1.807, 2.05) is 35.4 Å². The van der Waals surface area contributed by atoms with Crippen molar-refractivity contribution < 1.29 is 4.79 Å². The van der Waals surface area contributed by atoms with Gasteiger partial charge in [-0.2, -0.15) is 5.10 Å². The SMILES string of the molecule is O=C(c1cc2cnc(-c3cn[nH]c3)cc2[nH]1)N(Cc1cccnc1)C1CC1. The van der Waals surface area contributed by atoms with E-state index in [1.165, 1.54) is 0 Å². The molecule has 4 aromatic heterocycles. The highest BCUT2D eigenvalue weighted by molar-refractivity contribution is 5.98. The fraction of sp³-hybridized carbons (Fsp3) is 0.200. The Morgan fingerprint density at radius 2 is 2.15 bits per heavy atom. The molecule has 2 N–H and O–H groups in total. The second-order valence-corrected chi connectivity index (χ2v) is 6.85. The van der Waals surface area contributed by atoms with Gasteiger partial charge in [-0.1, -0.05) is 6.07 Å². The van der Waals surface area contributed by atoms with E-state index in [1.54, 1.807) is 24.8 Å². The lowest BCUT2D eigenvalue weighted by Gasteiger charge is -2.21. The molecule has 1 fully saturated rings. The van der Waals surface area contributed by atoms with Crippen LogP contribution in [0.1, 0.15) is 28.9 Å². The third-order valence-electron chi connectivity index (χ3n) is 4.85. The van der Waals surface area contributed by atoms with Crippen LogP contribution in [0, 0.1) is 0 Å². The van der Waals surface area contributed by atoms with E-state index in [-0.39, 0.29) is 5.91 Å². The van der Waals surface area contributed by atoms with Crippen molar-refractivity contribution in [2.75, 3.05) is 0 Å². The van der Waals surface area contributed by atoms with Crippen LogP contribution in [0.4, 0.5) is 0 Å². The van der Waals surface area contributed by atoms with Gasteiger partial charge in [0.25, 0.3) is 5.91 Å². The third kappa shape index (κ3) is 3.08. The fourth-order valence-corrected chi connectivity index (χ4v) is 3.29. The molecule has 4 aromatic rings. The van der Waals surface area contributed by atoms with Crippen LogP contribution in [-0.2, 0) is 6.54 Å². The van der Waals surface area contributed by atoms with Crippen molar-refractivity contribution in [2.45, 2.75) is 25.4 Å². The first kappa shape index (κ1) is 15.7. The zero-order valence-corrected chi connectivity index (χ0v) is 14.6. The molecule has 0 radical (unpaired) electrons. The van der Waals surface area contributed by atoms with Crippen LogP contribution in [-0.4, -0.2) is 42.0 Å². The van der Waals surface area contributed by atoms with Gasteiger partial charge in [-0.05, 0) is 36.6 Å². The second-order valence-electron chi connectivity index (χ2n) is 6.85. The fourth-order valence-electron chi connectivity index (χ4n) is 3.29. The number of rotatable bonds is 5. The number of pyridine rings is 2. The summed E-state index contributed by atoms with van der Waals surface area (Å²) in [6, 6.07) is 8.03. The quantitative estimate of drug-likeness (QED) is 0.573. The van der Waals surface area contributed by atoms with Crippen molar-refractivity contribution in [1.29, 1.82) is 0 Å². The second kappa shape index (κ2) is 6.35. The van der Waals surface area contributed by atoms with E-state index >= 15 is 0 Å². The van der Waals surface area contributed by atoms with Gasteiger partial charge in [-0.3, -0.25) is 19.9 Å². The van der Waals surface area contributed by atoms with Gasteiger partial charge in [0.05, 0.1) is 11.9 Å². The van der Waals surface area contributed by atoms with Crippen LogP contribution in [0.25, 0.3) is 22.2 Å². The maximum absolute atomic E-state index is 13.2. The van der Waals surface area contributed by atoms with Gasteiger partial charge in [0.15, 0.2) is 0 Å². The number of carbonyl (C=O) groups is 1. The van der Waals surface area contributed by atoms with Crippen LogP contribution in [0.15, 0.2) is 55.2 Å². The lowest BCUT2D eigenvalue weighted by Crippen LogP contribution is -2.32. The summed E-state index contributed by atoms with van der Waals surface area (Å²) in [4.78, 5) is 27.0. The summed E-state index contributed by atoms with van der Waals surface area (Å²) in [6.07, 6.45) is 11.0. The van der Waals surface area contributed by atoms with Gasteiger partial charge in [0, 0.05) is 53.8 Å². The van der Waals surface area contributed by atoms with Gasteiger partial charge in [0.2, 0.25) is 0 Å². The molecule has 0 aliphatic heterocycles. The molecule has 0 unspecified atom stereocenters. The minimum atomic E-state index is 0.0161. The van der Waals surface area contributed by atoms with Crippen molar-refractivity contribution >= 4 is 16.8 Å². The lowest BCUT2D eigenvalue weighted by atomic mass is 10.2. The van der Waals surface area contributed by atoms with E-state index in [4.69, 9.17) is 0 Å². The molecule has 1 saturated carbocycles. The van der Waals surface area contributed by atoms with Gasteiger partial charge < -0.3 is 9.88 Å². The van der Waals surface area contributed by atoms with Crippen molar-refractivity contribution in [2.24, 2.45) is 0 Å². The highest BCUT2D eigenvalue weighted by Gasteiger charge is 2.33. The zero-order valence-electron chi connectivity index (χ0n) is 14.6. The molecule has 0 atom stereocenters. The summed E-state index contributed by atoms with van der Waals surface area (Å²) in [5.41, 5.74) is 4.24. The Bertz CT molecular complexity index is 1080. The highest BCUT2D eigenvalue weighted by Crippen LogP contribution is 2.30. The lowest BCUT2D eigenvalue weighted by molar-refractivity contribution is 0.0725. The number of nitrogens with zero attached hydrogens (tertiary/aromatic N) is 4. The summed E-state index contributed by atoms with van der Waals surface area (Å²) in [6.45, 7) is 0.575. The summed E-state index contributed by atoms with van der Waals surface area (Å²) in [5.74, 6) is 0.0161. The first-order valence-corrected chi connectivity index (χ1v) is 8.96. The molecule has 0 bridgehead atoms. The summed E-state index contributed by atoms with van der Waals surface area (Å²) >= 11 is 0. The smallest absolute Gasteiger partial charge is 0.270 e. The topological polar surface area (TPSA) is 90.6 Å². The molecule has 5 rings (SSSR count). The molecular weight excluding hydrogens is 340 g/mol. The Morgan fingerprint density at radius 3 is 2.89 bits per heavy atom. The number of nitrogens with one attached hydrogen (secondary N) is 2. The van der Waals surface area contributed by atoms with Crippen LogP contribution in [0.5, 0.6) is 0 Å². The Morgan fingerprint density at radius 1 is 1.22 bits per heavy atom. The highest BCUT2D eigenvalue weighted by atomic mass is 16.2. The molecular formula is C20H18N6O. The number of aromatic nitrogens is 5. The van der Waals surface area contributed by atoms with Crippen LogP contribution in [0.2, 0.25) is 0 Å².